The number of imide groups is 1. The number of amides is 2. The van der Waals surface area contributed by atoms with Gasteiger partial charge in [-0.3, -0.25) is 9.59 Å². The van der Waals surface area contributed by atoms with Crippen LogP contribution in [0.4, 0.5) is 0 Å². The number of nitrogens with zero attached hydrogens (tertiary/aromatic N) is 1. The molecule has 0 aliphatic carbocycles. The number of carbonyl (C=O) groups excluding carboxylic acids is 3. The zero-order valence-corrected chi connectivity index (χ0v) is 9.18. The van der Waals surface area contributed by atoms with E-state index in [1.807, 2.05) is 0 Å². The third-order valence-electron chi connectivity index (χ3n) is 2.80. The maximum atomic E-state index is 11.8. The number of hydrazine groups is 1. The molecule has 17 heavy (non-hydrogen) atoms. The highest BCUT2D eigenvalue weighted by Crippen LogP contribution is 2.25. The van der Waals surface area contributed by atoms with Gasteiger partial charge in [0.1, 0.15) is 6.29 Å². The standard InChI is InChI=1S/C12H12N2O3/c13-14-11(16)9-6-3-5-8(4-1-2-7-15)10(9)12(14)17/h3,5-7H,1-2,4,13H2. The molecule has 1 heterocycles. The third-order valence-corrected chi connectivity index (χ3v) is 2.80. The van der Waals surface area contributed by atoms with Gasteiger partial charge in [-0.1, -0.05) is 12.1 Å². The van der Waals surface area contributed by atoms with Crippen molar-refractivity contribution in [2.45, 2.75) is 19.3 Å². The molecule has 1 aliphatic rings. The summed E-state index contributed by atoms with van der Waals surface area (Å²) in [5.41, 5.74) is 1.50. The quantitative estimate of drug-likeness (QED) is 0.272. The van der Waals surface area contributed by atoms with Crippen molar-refractivity contribution >= 4 is 18.1 Å². The van der Waals surface area contributed by atoms with Crippen molar-refractivity contribution in [1.82, 2.24) is 5.01 Å². The molecule has 1 aromatic carbocycles. The minimum atomic E-state index is -0.470. The fourth-order valence-electron chi connectivity index (χ4n) is 1.96. The topological polar surface area (TPSA) is 80.5 Å². The molecule has 1 aliphatic heterocycles. The van der Waals surface area contributed by atoms with Crippen LogP contribution in [0.3, 0.4) is 0 Å². The third kappa shape index (κ3) is 1.85. The summed E-state index contributed by atoms with van der Waals surface area (Å²) < 4.78 is 0. The van der Waals surface area contributed by atoms with E-state index in [9.17, 15) is 14.4 Å². The van der Waals surface area contributed by atoms with Crippen LogP contribution in [0.15, 0.2) is 18.2 Å². The van der Waals surface area contributed by atoms with E-state index in [0.29, 0.717) is 35.4 Å². The summed E-state index contributed by atoms with van der Waals surface area (Å²) in [4.78, 5) is 33.6. The van der Waals surface area contributed by atoms with Crippen LogP contribution in [0.5, 0.6) is 0 Å². The van der Waals surface area contributed by atoms with Gasteiger partial charge in [0, 0.05) is 6.42 Å². The number of hydrogen-bond donors (Lipinski definition) is 1. The molecule has 2 N–H and O–H groups in total. The van der Waals surface area contributed by atoms with E-state index < -0.39 is 11.8 Å². The van der Waals surface area contributed by atoms with Crippen LogP contribution in [0.1, 0.15) is 39.1 Å². The van der Waals surface area contributed by atoms with Crippen molar-refractivity contribution in [2.24, 2.45) is 5.84 Å². The maximum Gasteiger partial charge on any atom is 0.276 e. The number of unbranched alkanes of at least 4 members (excludes halogenated alkanes) is 1. The smallest absolute Gasteiger partial charge is 0.276 e. The Hall–Kier alpha value is -2.01. The van der Waals surface area contributed by atoms with Crippen molar-refractivity contribution in [3.05, 3.63) is 34.9 Å². The van der Waals surface area contributed by atoms with Crippen molar-refractivity contribution < 1.29 is 14.4 Å². The Morgan fingerprint density at radius 2 is 2.00 bits per heavy atom. The molecule has 0 radical (unpaired) electrons. The first-order chi connectivity index (χ1) is 8.16. The summed E-state index contributed by atoms with van der Waals surface area (Å²) in [7, 11) is 0. The number of fused-ring (bicyclic) bond motifs is 1. The predicted molar refractivity (Wildman–Crippen MR) is 60.1 cm³/mol. The van der Waals surface area contributed by atoms with Gasteiger partial charge in [0.05, 0.1) is 11.1 Å². The van der Waals surface area contributed by atoms with Gasteiger partial charge in [-0.15, -0.1) is 0 Å². The van der Waals surface area contributed by atoms with Gasteiger partial charge in [-0.05, 0) is 24.5 Å². The van der Waals surface area contributed by atoms with Gasteiger partial charge in [0.2, 0.25) is 0 Å². The Morgan fingerprint density at radius 1 is 1.24 bits per heavy atom. The lowest BCUT2D eigenvalue weighted by atomic mass is 9.98. The molecule has 5 nitrogen and oxygen atoms in total. The van der Waals surface area contributed by atoms with E-state index in [1.165, 1.54) is 0 Å². The highest BCUT2D eigenvalue weighted by Gasteiger charge is 2.35. The van der Waals surface area contributed by atoms with E-state index in [4.69, 9.17) is 5.84 Å². The summed E-state index contributed by atoms with van der Waals surface area (Å²) in [6, 6.07) is 5.10. The molecule has 5 heteroatoms. The molecule has 88 valence electrons. The fraction of sp³-hybridized carbons (Fsp3) is 0.250. The van der Waals surface area contributed by atoms with Gasteiger partial charge < -0.3 is 4.79 Å². The average Bonchev–Trinajstić information content (AvgIpc) is 2.56. The Morgan fingerprint density at radius 3 is 2.71 bits per heavy atom. The van der Waals surface area contributed by atoms with Gasteiger partial charge in [0.25, 0.3) is 11.8 Å². The summed E-state index contributed by atoms with van der Waals surface area (Å²) in [6.07, 6.45) is 2.53. The van der Waals surface area contributed by atoms with Crippen LogP contribution in [-0.2, 0) is 11.2 Å². The second-order valence-corrected chi connectivity index (χ2v) is 3.88. The number of aryl methyl sites for hydroxylation is 1. The van der Waals surface area contributed by atoms with Crippen LogP contribution in [0, 0.1) is 0 Å². The predicted octanol–water partition coefficient (Wildman–Crippen LogP) is 0.678. The second-order valence-electron chi connectivity index (χ2n) is 3.88. The first-order valence-corrected chi connectivity index (χ1v) is 5.36. The highest BCUT2D eigenvalue weighted by molar-refractivity contribution is 6.21. The number of nitrogens with two attached hydrogens (primary N) is 1. The highest BCUT2D eigenvalue weighted by atomic mass is 16.2. The molecule has 1 aromatic rings. The SMILES string of the molecule is NN1C(=O)c2cccc(CCCC=O)c2C1=O. The van der Waals surface area contributed by atoms with Crippen LogP contribution in [-0.4, -0.2) is 23.1 Å². The van der Waals surface area contributed by atoms with E-state index in [-0.39, 0.29) is 0 Å². The van der Waals surface area contributed by atoms with Crippen molar-refractivity contribution in [3.8, 4) is 0 Å². The number of rotatable bonds is 4. The Balaban J connectivity index is 2.35. The Bertz CT molecular complexity index is 497. The minimum absolute atomic E-state index is 0.348. The molecule has 0 saturated heterocycles. The van der Waals surface area contributed by atoms with Crippen LogP contribution >= 0.6 is 0 Å². The van der Waals surface area contributed by atoms with Crippen molar-refractivity contribution in [2.75, 3.05) is 0 Å². The normalized spacial score (nSPS) is 14.1. The maximum absolute atomic E-state index is 11.8. The molecular formula is C12H12N2O3. The van der Waals surface area contributed by atoms with E-state index >= 15 is 0 Å². The summed E-state index contributed by atoms with van der Waals surface area (Å²) in [5.74, 6) is 4.44. The van der Waals surface area contributed by atoms with Gasteiger partial charge in [-0.25, -0.2) is 10.9 Å². The molecule has 0 fully saturated rings. The minimum Gasteiger partial charge on any atom is -0.303 e. The molecule has 0 spiro atoms. The number of benzene rings is 1. The zero-order valence-electron chi connectivity index (χ0n) is 9.18. The lowest BCUT2D eigenvalue weighted by molar-refractivity contribution is -0.107. The molecule has 2 rings (SSSR count). The summed E-state index contributed by atoms with van der Waals surface area (Å²) in [5, 5.41) is 0.633. The van der Waals surface area contributed by atoms with Crippen LogP contribution < -0.4 is 5.84 Å². The summed E-state index contributed by atoms with van der Waals surface area (Å²) >= 11 is 0. The van der Waals surface area contributed by atoms with E-state index in [1.54, 1.807) is 18.2 Å². The monoisotopic (exact) mass is 232 g/mol. The van der Waals surface area contributed by atoms with Crippen molar-refractivity contribution in [3.63, 3.8) is 0 Å². The Labute approximate surface area is 98.2 Å². The van der Waals surface area contributed by atoms with Gasteiger partial charge in [-0.2, -0.15) is 0 Å². The first-order valence-electron chi connectivity index (χ1n) is 5.36. The lowest BCUT2D eigenvalue weighted by Gasteiger charge is -2.05. The fourth-order valence-corrected chi connectivity index (χ4v) is 1.96. The molecule has 0 saturated carbocycles. The van der Waals surface area contributed by atoms with Gasteiger partial charge >= 0.3 is 0 Å². The molecule has 0 aromatic heterocycles. The number of hydrogen-bond acceptors (Lipinski definition) is 4. The average molecular weight is 232 g/mol. The lowest BCUT2D eigenvalue weighted by Crippen LogP contribution is -2.36. The number of aldehydes is 1. The van der Waals surface area contributed by atoms with Gasteiger partial charge in [0.15, 0.2) is 0 Å². The second kappa shape index (κ2) is 4.47. The molecular weight excluding hydrogens is 220 g/mol. The molecule has 0 atom stereocenters. The summed E-state index contributed by atoms with van der Waals surface area (Å²) in [6.45, 7) is 0. The largest absolute Gasteiger partial charge is 0.303 e. The number of carbonyl (C=O) groups is 3. The van der Waals surface area contributed by atoms with Crippen LogP contribution in [0.2, 0.25) is 0 Å². The Kier molecular flexibility index (Phi) is 3.01. The molecule has 0 unspecified atom stereocenters. The van der Waals surface area contributed by atoms with E-state index in [2.05, 4.69) is 0 Å². The van der Waals surface area contributed by atoms with E-state index in [0.717, 1.165) is 11.8 Å². The van der Waals surface area contributed by atoms with Crippen molar-refractivity contribution in [1.29, 1.82) is 0 Å². The van der Waals surface area contributed by atoms with Crippen LogP contribution in [0.25, 0.3) is 0 Å². The zero-order chi connectivity index (χ0) is 12.4. The molecule has 0 bridgehead atoms. The first kappa shape index (κ1) is 11.5. The molecule has 2 amide bonds.